The van der Waals surface area contributed by atoms with Crippen molar-refractivity contribution in [3.8, 4) is 57.5 Å². The van der Waals surface area contributed by atoms with E-state index in [9.17, 15) is 9.90 Å². The van der Waals surface area contributed by atoms with Crippen LogP contribution in [0.5, 0.6) is 57.5 Å². The summed E-state index contributed by atoms with van der Waals surface area (Å²) in [6, 6.07) is 57.2. The standard InChI is InChI=1S/C21H21NO3.C19H17NO3.C19H19NO2.2C19H17NO2/c1-12-8-15-6-7-22-20(17(15)9-13(12)2)21(23)16-10-18(24-4)14(3)19(11-16)25-5;1-11-7-13-5-6-20-18(15(13)8-12(11)2)19(21)14-3-4-16-17(9-14)23-10-22-16;3*1-12-7-15-5-6-20-17(16(15)8-13(12)2)9-14-3-4-18-19(10-14)22-11-21-18/h6-11H,1-5H3;3-9,19,21H,10H2,1-2H3;3-4,7-8,10H,5-6,9,11H2,1-2H3;2*3-8,10H,9,11H2,1-2H3. The van der Waals surface area contributed by atoms with Crippen molar-refractivity contribution in [3.05, 3.63) is 318 Å². The van der Waals surface area contributed by atoms with Gasteiger partial charge in [0.15, 0.2) is 46.0 Å². The Morgan fingerprint density at radius 3 is 1.25 bits per heavy atom. The molecule has 0 amide bonds. The van der Waals surface area contributed by atoms with Crippen molar-refractivity contribution in [1.82, 2.24) is 19.9 Å². The Bertz CT molecular complexity index is 5940. The third kappa shape index (κ3) is 16.4. The molecular formula is C97H91N5O12. The highest BCUT2D eigenvalue weighted by Crippen LogP contribution is 2.41. The lowest BCUT2D eigenvalue weighted by Gasteiger charge is -2.19. The van der Waals surface area contributed by atoms with Crippen LogP contribution in [0.4, 0.5) is 0 Å². The topological polar surface area (TPSA) is 194 Å². The number of ether oxygens (including phenoxy) is 10. The number of aryl methyl sites for hydroxylation is 10. The maximum atomic E-state index is 13.1. The molecular weight excluding hydrogens is 1430 g/mol. The molecule has 5 aliphatic rings. The first-order chi connectivity index (χ1) is 55.2. The van der Waals surface area contributed by atoms with Gasteiger partial charge in [0.2, 0.25) is 33.0 Å². The molecule has 19 rings (SSSR count). The van der Waals surface area contributed by atoms with Crippen LogP contribution in [0, 0.1) is 76.2 Å². The maximum absolute atomic E-state index is 13.1. The van der Waals surface area contributed by atoms with Crippen molar-refractivity contribution in [1.29, 1.82) is 0 Å². The number of hydrogen-bond acceptors (Lipinski definition) is 17. The third-order valence-electron chi connectivity index (χ3n) is 22.1. The second-order valence-electron chi connectivity index (χ2n) is 29.6. The summed E-state index contributed by atoms with van der Waals surface area (Å²) in [6.07, 6.45) is 9.84. The summed E-state index contributed by atoms with van der Waals surface area (Å²) < 4.78 is 54.0. The van der Waals surface area contributed by atoms with Crippen LogP contribution in [0.15, 0.2) is 200 Å². The largest absolute Gasteiger partial charge is 0.496 e. The minimum Gasteiger partial charge on any atom is -0.496 e. The number of aromatic nitrogens is 4. The number of pyridine rings is 4. The average molecular weight is 1520 g/mol. The molecule has 114 heavy (non-hydrogen) atoms. The molecule has 0 fully saturated rings. The summed E-state index contributed by atoms with van der Waals surface area (Å²) >= 11 is 0. The van der Waals surface area contributed by atoms with Crippen molar-refractivity contribution in [2.24, 2.45) is 4.99 Å². The lowest BCUT2D eigenvalue weighted by molar-refractivity contribution is 0.103. The summed E-state index contributed by atoms with van der Waals surface area (Å²) in [5.41, 5.74) is 25.5. The van der Waals surface area contributed by atoms with Crippen LogP contribution in [-0.2, 0) is 25.7 Å². The number of carbonyl (C=O) groups excluding carboxylic acids is 1. The van der Waals surface area contributed by atoms with E-state index in [1.807, 2.05) is 93.0 Å². The van der Waals surface area contributed by atoms with Gasteiger partial charge in [0.1, 0.15) is 23.3 Å². The van der Waals surface area contributed by atoms with E-state index in [0.29, 0.717) is 60.3 Å². The molecule has 0 spiro atoms. The number of aliphatic hydroxyl groups excluding tert-OH is 1. The number of benzene rings is 10. The summed E-state index contributed by atoms with van der Waals surface area (Å²) in [6.45, 7) is 25.1. The molecule has 0 saturated carbocycles. The third-order valence-corrected chi connectivity index (χ3v) is 22.1. The van der Waals surface area contributed by atoms with Crippen molar-refractivity contribution >= 4 is 54.6 Å². The maximum Gasteiger partial charge on any atom is 0.231 e. The molecule has 0 saturated heterocycles. The van der Waals surface area contributed by atoms with Gasteiger partial charge < -0.3 is 52.5 Å². The summed E-state index contributed by atoms with van der Waals surface area (Å²) in [4.78, 5) is 35.9. The molecule has 1 N–H and O–H groups in total. The highest BCUT2D eigenvalue weighted by Gasteiger charge is 2.25. The summed E-state index contributed by atoms with van der Waals surface area (Å²) in [5.74, 6) is 7.43. The van der Waals surface area contributed by atoms with Crippen molar-refractivity contribution in [2.45, 2.75) is 108 Å². The molecule has 1 atom stereocenters. The van der Waals surface area contributed by atoms with Crippen LogP contribution in [0.3, 0.4) is 0 Å². The van der Waals surface area contributed by atoms with Crippen LogP contribution >= 0.6 is 0 Å². The van der Waals surface area contributed by atoms with E-state index in [1.165, 1.54) is 105 Å². The number of carbonyl (C=O) groups is 1. The molecule has 576 valence electrons. The SMILES string of the molecule is COc1cc(C(=O)c2nccc3cc(C)c(C)cc23)cc(OC)c1C.Cc1cc2c(cc1C)C(Cc1ccc3c(c1)OCO3)=NCC2.Cc1cc2ccnc(C(O)c3ccc4c(c3)OCO4)c2cc1C.Cc1cc2ccnc(Cc3ccc4c(c3)OCO4)c2cc1C.Cc1cc2ccnc(Cc3ccc4c(c3)OCO4)c2cc1C. The van der Waals surface area contributed by atoms with E-state index >= 15 is 0 Å². The zero-order chi connectivity index (χ0) is 79.4. The number of fused-ring (bicyclic) bond motifs is 9. The summed E-state index contributed by atoms with van der Waals surface area (Å²) in [7, 11) is 3.16. The van der Waals surface area contributed by atoms with E-state index in [0.717, 1.165) is 116 Å². The average Bonchev–Trinajstić information content (AvgIpc) is 0.986. The molecule has 0 radical (unpaired) electrons. The van der Waals surface area contributed by atoms with Crippen LogP contribution < -0.4 is 47.4 Å². The Labute approximate surface area is 664 Å². The van der Waals surface area contributed by atoms with E-state index in [4.69, 9.17) is 52.4 Å². The normalized spacial score (nSPS) is 13.2. The first-order valence-corrected chi connectivity index (χ1v) is 38.3. The molecule has 4 aromatic heterocycles. The minimum absolute atomic E-state index is 0.148. The number of aliphatic hydroxyl groups is 1. The predicted octanol–water partition coefficient (Wildman–Crippen LogP) is 20.0. The van der Waals surface area contributed by atoms with Gasteiger partial charge in [-0.15, -0.1) is 0 Å². The van der Waals surface area contributed by atoms with Crippen molar-refractivity contribution in [3.63, 3.8) is 0 Å². The number of ketones is 1. The molecule has 17 heteroatoms. The van der Waals surface area contributed by atoms with Gasteiger partial charge in [0.25, 0.3) is 0 Å². The van der Waals surface area contributed by atoms with E-state index < -0.39 is 6.10 Å². The smallest absolute Gasteiger partial charge is 0.231 e. The van der Waals surface area contributed by atoms with Gasteiger partial charge in [-0.25, -0.2) is 0 Å². The monoisotopic (exact) mass is 1520 g/mol. The van der Waals surface area contributed by atoms with Gasteiger partial charge in [0.05, 0.1) is 31.3 Å². The lowest BCUT2D eigenvalue weighted by Crippen LogP contribution is -2.16. The number of methoxy groups -OCH3 is 2. The van der Waals surface area contributed by atoms with Crippen LogP contribution in [0.1, 0.15) is 134 Å². The molecule has 1 unspecified atom stereocenters. The van der Waals surface area contributed by atoms with Gasteiger partial charge >= 0.3 is 0 Å². The first-order valence-electron chi connectivity index (χ1n) is 38.3. The van der Waals surface area contributed by atoms with Gasteiger partial charge in [-0.05, 0) is 308 Å². The molecule has 0 aliphatic carbocycles. The fraction of sp³-hybridized carbons (Fsp3) is 0.237. The highest BCUT2D eigenvalue weighted by atomic mass is 16.7. The number of hydrogen-bond donors (Lipinski definition) is 1. The van der Waals surface area contributed by atoms with E-state index in [-0.39, 0.29) is 12.6 Å². The Morgan fingerprint density at radius 1 is 0.386 bits per heavy atom. The minimum atomic E-state index is -0.810. The van der Waals surface area contributed by atoms with Crippen molar-refractivity contribution < 1.29 is 57.3 Å². The number of nitrogens with zero attached hydrogens (tertiary/aromatic N) is 5. The van der Waals surface area contributed by atoms with Crippen LogP contribution in [0.25, 0.3) is 43.1 Å². The fourth-order valence-corrected chi connectivity index (χ4v) is 14.8. The van der Waals surface area contributed by atoms with Crippen LogP contribution in [0.2, 0.25) is 0 Å². The van der Waals surface area contributed by atoms with E-state index in [2.05, 4.69) is 173 Å². The molecule has 5 aliphatic heterocycles. The van der Waals surface area contributed by atoms with Gasteiger partial charge in [-0.3, -0.25) is 29.7 Å². The second-order valence-corrected chi connectivity index (χ2v) is 29.6. The zero-order valence-electron chi connectivity index (χ0n) is 66.6. The Balaban J connectivity index is 0.000000112. The second kappa shape index (κ2) is 33.2. The number of aliphatic imine (C=N–C) groups is 1. The molecule has 14 aromatic rings. The van der Waals surface area contributed by atoms with Gasteiger partial charge in [-0.1, -0.05) is 54.6 Å². The molecule has 0 bridgehead atoms. The Kier molecular flexibility index (Phi) is 22.3. The van der Waals surface area contributed by atoms with Gasteiger partial charge in [0, 0.05) is 89.0 Å². The molecule has 17 nitrogen and oxygen atoms in total. The van der Waals surface area contributed by atoms with E-state index in [1.54, 1.807) is 38.7 Å². The van der Waals surface area contributed by atoms with Crippen molar-refractivity contribution in [2.75, 3.05) is 47.9 Å². The van der Waals surface area contributed by atoms with Gasteiger partial charge in [-0.2, -0.15) is 0 Å². The molecule has 10 aromatic carbocycles. The first kappa shape index (κ1) is 76.5. The summed E-state index contributed by atoms with van der Waals surface area (Å²) in [5, 5.41) is 19.7. The number of rotatable bonds is 12. The molecule has 9 heterocycles. The quantitative estimate of drug-likeness (QED) is 0.113. The Morgan fingerprint density at radius 2 is 0.763 bits per heavy atom. The predicted molar refractivity (Wildman–Crippen MR) is 447 cm³/mol. The fourth-order valence-electron chi connectivity index (χ4n) is 14.8. The Hall–Kier alpha value is -12.9. The lowest BCUT2D eigenvalue weighted by atomic mass is 9.90. The highest BCUT2D eigenvalue weighted by molar-refractivity contribution is 6.15. The zero-order valence-corrected chi connectivity index (χ0v) is 66.6. The van der Waals surface area contributed by atoms with Crippen LogP contribution in [-0.4, -0.2) is 84.5 Å².